The topological polar surface area (TPSA) is 61.5 Å². The maximum absolute atomic E-state index is 12.6. The lowest BCUT2D eigenvalue weighted by molar-refractivity contribution is 0.0428. The number of H-pyrrole nitrogens is 1. The summed E-state index contributed by atoms with van der Waals surface area (Å²) in [4.78, 5) is 24.2. The van der Waals surface area contributed by atoms with Crippen LogP contribution in [0.3, 0.4) is 0 Å². The zero-order chi connectivity index (χ0) is 15.0. The molecule has 0 bridgehead atoms. The van der Waals surface area contributed by atoms with Crippen molar-refractivity contribution in [3.8, 4) is 0 Å². The van der Waals surface area contributed by atoms with Crippen molar-refractivity contribution in [2.45, 2.75) is 38.8 Å². The number of aromatic nitrogens is 2. The molecule has 1 unspecified atom stereocenters. The van der Waals surface area contributed by atoms with Gasteiger partial charge in [-0.05, 0) is 19.4 Å². The lowest BCUT2D eigenvalue weighted by atomic mass is 9.94. The van der Waals surface area contributed by atoms with Gasteiger partial charge in [-0.3, -0.25) is 4.90 Å². The average molecular weight is 292 g/mol. The molecule has 0 spiro atoms. The summed E-state index contributed by atoms with van der Waals surface area (Å²) in [6, 6.07) is 0.00614. The molecule has 1 saturated heterocycles. The molecule has 0 radical (unpaired) electrons. The second-order valence-electron chi connectivity index (χ2n) is 6.46. The molecular formula is C15H24N4O2. The van der Waals surface area contributed by atoms with E-state index in [1.54, 1.807) is 6.33 Å². The van der Waals surface area contributed by atoms with Gasteiger partial charge in [-0.2, -0.15) is 0 Å². The predicted molar refractivity (Wildman–Crippen MR) is 79.0 cm³/mol. The number of aromatic amines is 1. The number of amides is 1. The molecule has 0 aliphatic carbocycles. The minimum Gasteiger partial charge on any atom is -0.445 e. The van der Waals surface area contributed by atoms with E-state index in [4.69, 9.17) is 4.74 Å². The summed E-state index contributed by atoms with van der Waals surface area (Å²) in [5.41, 5.74) is 2.15. The highest BCUT2D eigenvalue weighted by Crippen LogP contribution is 2.34. The fourth-order valence-electron chi connectivity index (χ4n) is 3.39. The Labute approximate surface area is 125 Å². The van der Waals surface area contributed by atoms with Gasteiger partial charge in [0.15, 0.2) is 0 Å². The third-order valence-electron chi connectivity index (χ3n) is 4.45. The number of hydrogen-bond acceptors (Lipinski definition) is 4. The van der Waals surface area contributed by atoms with Crippen LogP contribution in [0.25, 0.3) is 0 Å². The van der Waals surface area contributed by atoms with E-state index in [1.807, 2.05) is 4.90 Å². The molecule has 0 saturated carbocycles. The number of fused-ring (bicyclic) bond motifs is 1. The first kappa shape index (κ1) is 14.4. The number of nitrogens with zero attached hydrogens (tertiary/aromatic N) is 3. The van der Waals surface area contributed by atoms with Crippen LogP contribution in [0.1, 0.15) is 37.7 Å². The summed E-state index contributed by atoms with van der Waals surface area (Å²) < 4.78 is 5.70. The zero-order valence-corrected chi connectivity index (χ0v) is 13.0. The van der Waals surface area contributed by atoms with E-state index in [2.05, 4.69) is 35.8 Å². The van der Waals surface area contributed by atoms with Crippen LogP contribution in [0.2, 0.25) is 0 Å². The van der Waals surface area contributed by atoms with E-state index in [1.165, 1.54) is 0 Å². The summed E-state index contributed by atoms with van der Waals surface area (Å²) in [7, 11) is 2.06. The second kappa shape index (κ2) is 5.67. The van der Waals surface area contributed by atoms with Crippen molar-refractivity contribution < 1.29 is 9.53 Å². The molecule has 3 heterocycles. The second-order valence-corrected chi connectivity index (χ2v) is 6.46. The predicted octanol–water partition coefficient (Wildman–Crippen LogP) is 1.81. The van der Waals surface area contributed by atoms with Gasteiger partial charge in [-0.15, -0.1) is 0 Å². The quantitative estimate of drug-likeness (QED) is 0.903. The minimum atomic E-state index is -0.192. The molecule has 116 valence electrons. The van der Waals surface area contributed by atoms with Gasteiger partial charge < -0.3 is 14.6 Å². The highest BCUT2D eigenvalue weighted by atomic mass is 16.6. The Balaban J connectivity index is 1.73. The summed E-state index contributed by atoms with van der Waals surface area (Å²) in [6.07, 6.45) is 3.30. The first-order chi connectivity index (χ1) is 10.1. The Bertz CT molecular complexity index is 514. The van der Waals surface area contributed by atoms with Crippen molar-refractivity contribution in [3.05, 3.63) is 17.7 Å². The van der Waals surface area contributed by atoms with E-state index in [0.29, 0.717) is 12.5 Å². The molecule has 1 aromatic rings. The van der Waals surface area contributed by atoms with E-state index in [0.717, 1.165) is 37.3 Å². The molecule has 1 N–H and O–H groups in total. The van der Waals surface area contributed by atoms with Crippen molar-refractivity contribution >= 4 is 6.09 Å². The van der Waals surface area contributed by atoms with Gasteiger partial charge >= 0.3 is 6.09 Å². The maximum atomic E-state index is 12.6. The molecule has 1 aromatic heterocycles. The SMILES string of the molecule is CC(C)C1c2nc[nH]c2CCN1C(=O)O[C@@H]1CCN(C)C1. The number of hydrogen-bond donors (Lipinski definition) is 1. The highest BCUT2D eigenvalue weighted by molar-refractivity contribution is 5.69. The number of nitrogens with one attached hydrogen (secondary N) is 1. The molecule has 1 amide bonds. The van der Waals surface area contributed by atoms with Gasteiger partial charge in [0.05, 0.1) is 18.1 Å². The van der Waals surface area contributed by atoms with Crippen LogP contribution in [-0.2, 0) is 11.2 Å². The largest absolute Gasteiger partial charge is 0.445 e. The van der Waals surface area contributed by atoms with Gasteiger partial charge in [-0.25, -0.2) is 9.78 Å². The number of likely N-dealkylation sites (N-methyl/N-ethyl adjacent to an activating group) is 1. The van der Waals surface area contributed by atoms with Crippen molar-refractivity contribution in [1.29, 1.82) is 0 Å². The number of ether oxygens (including phenoxy) is 1. The fraction of sp³-hybridized carbons (Fsp3) is 0.733. The van der Waals surface area contributed by atoms with Crippen molar-refractivity contribution in [3.63, 3.8) is 0 Å². The van der Waals surface area contributed by atoms with Crippen LogP contribution in [-0.4, -0.2) is 58.6 Å². The Morgan fingerprint density at radius 3 is 2.95 bits per heavy atom. The molecule has 6 heteroatoms. The van der Waals surface area contributed by atoms with Crippen LogP contribution < -0.4 is 0 Å². The Hall–Kier alpha value is -1.56. The third-order valence-corrected chi connectivity index (χ3v) is 4.45. The minimum absolute atomic E-state index is 0.00614. The summed E-state index contributed by atoms with van der Waals surface area (Å²) in [6.45, 7) is 6.77. The molecule has 1 fully saturated rings. The Morgan fingerprint density at radius 1 is 1.48 bits per heavy atom. The zero-order valence-electron chi connectivity index (χ0n) is 13.0. The smallest absolute Gasteiger partial charge is 0.410 e. The summed E-state index contributed by atoms with van der Waals surface area (Å²) in [5, 5.41) is 0. The number of carbonyl (C=O) groups excluding carboxylic acids is 1. The monoisotopic (exact) mass is 292 g/mol. The third kappa shape index (κ3) is 2.77. The van der Waals surface area contributed by atoms with E-state index < -0.39 is 0 Å². The number of carbonyl (C=O) groups is 1. The molecule has 2 aliphatic heterocycles. The van der Waals surface area contributed by atoms with Gasteiger partial charge in [0.25, 0.3) is 0 Å². The number of likely N-dealkylation sites (tertiary alicyclic amines) is 1. The van der Waals surface area contributed by atoms with E-state index >= 15 is 0 Å². The van der Waals surface area contributed by atoms with Gasteiger partial charge in [0, 0.05) is 31.7 Å². The van der Waals surface area contributed by atoms with Crippen LogP contribution >= 0.6 is 0 Å². The lowest BCUT2D eigenvalue weighted by Crippen LogP contribution is -2.44. The van der Waals surface area contributed by atoms with Crippen LogP contribution in [0, 0.1) is 5.92 Å². The summed E-state index contributed by atoms with van der Waals surface area (Å²) in [5.74, 6) is 0.311. The number of imidazole rings is 1. The Kier molecular flexibility index (Phi) is 3.89. The van der Waals surface area contributed by atoms with Crippen LogP contribution in [0.5, 0.6) is 0 Å². The molecule has 6 nitrogen and oxygen atoms in total. The summed E-state index contributed by atoms with van der Waals surface area (Å²) >= 11 is 0. The van der Waals surface area contributed by atoms with Crippen LogP contribution in [0.15, 0.2) is 6.33 Å². The molecule has 2 atom stereocenters. The van der Waals surface area contributed by atoms with Crippen molar-refractivity contribution in [2.75, 3.05) is 26.7 Å². The molecule has 0 aromatic carbocycles. The molecular weight excluding hydrogens is 268 g/mol. The molecule has 3 rings (SSSR count). The molecule has 21 heavy (non-hydrogen) atoms. The highest BCUT2D eigenvalue weighted by Gasteiger charge is 2.37. The standard InChI is InChI=1S/C15H24N4O2/c1-10(2)14-13-12(16-9-17-13)5-7-19(14)15(20)21-11-4-6-18(3)8-11/h9-11,14H,4-8H2,1-3H3,(H,16,17)/t11-,14?/m1/s1. The van der Waals surface area contributed by atoms with E-state index in [9.17, 15) is 4.79 Å². The van der Waals surface area contributed by atoms with Gasteiger partial charge in [0.2, 0.25) is 0 Å². The van der Waals surface area contributed by atoms with Gasteiger partial charge in [0.1, 0.15) is 6.10 Å². The maximum Gasteiger partial charge on any atom is 0.410 e. The number of rotatable bonds is 2. The first-order valence-electron chi connectivity index (χ1n) is 7.74. The Morgan fingerprint density at radius 2 is 2.29 bits per heavy atom. The van der Waals surface area contributed by atoms with Crippen LogP contribution in [0.4, 0.5) is 4.79 Å². The molecule has 2 aliphatic rings. The van der Waals surface area contributed by atoms with Crippen molar-refractivity contribution in [2.24, 2.45) is 5.92 Å². The average Bonchev–Trinajstić information content (AvgIpc) is 3.05. The lowest BCUT2D eigenvalue weighted by Gasteiger charge is -2.37. The van der Waals surface area contributed by atoms with Gasteiger partial charge in [-0.1, -0.05) is 13.8 Å². The normalized spacial score (nSPS) is 26.2. The van der Waals surface area contributed by atoms with Crippen molar-refractivity contribution in [1.82, 2.24) is 19.8 Å². The van der Waals surface area contributed by atoms with E-state index in [-0.39, 0.29) is 18.2 Å². The fourth-order valence-corrected chi connectivity index (χ4v) is 3.39. The first-order valence-corrected chi connectivity index (χ1v) is 7.74.